The van der Waals surface area contributed by atoms with E-state index in [1.54, 1.807) is 18.2 Å². The molecule has 2 aromatic rings. The number of hydrogen-bond donors (Lipinski definition) is 2. The average Bonchev–Trinajstić information content (AvgIpc) is 2.75. The molecule has 2 aromatic carbocycles. The van der Waals surface area contributed by atoms with Gasteiger partial charge in [-0.05, 0) is 24.3 Å². The zero-order valence-electron chi connectivity index (χ0n) is 15.4. The summed E-state index contributed by atoms with van der Waals surface area (Å²) in [6, 6.07) is 13.3. The smallest absolute Gasteiger partial charge is 0.338 e. The molecule has 0 radical (unpaired) electrons. The number of rotatable bonds is 8. The number of hydrogen-bond acceptors (Lipinski definition) is 7. The van der Waals surface area contributed by atoms with Gasteiger partial charge in [-0.15, -0.1) is 0 Å². The van der Waals surface area contributed by atoms with Gasteiger partial charge in [-0.25, -0.2) is 4.79 Å². The first-order chi connectivity index (χ1) is 14.0. The summed E-state index contributed by atoms with van der Waals surface area (Å²) in [5.41, 5.74) is 1.83. The summed E-state index contributed by atoms with van der Waals surface area (Å²) in [6.07, 6.45) is 1.69. The summed E-state index contributed by atoms with van der Waals surface area (Å²) in [5.74, 6) is -0.331. The quantitative estimate of drug-likeness (QED) is 0.303. The molecule has 0 saturated carbocycles. The van der Waals surface area contributed by atoms with Gasteiger partial charge in [0.1, 0.15) is 12.4 Å². The van der Waals surface area contributed by atoms with E-state index in [4.69, 9.17) is 9.47 Å². The molecule has 0 atom stereocenters. The number of carbonyl (C=O) groups is 2. The van der Waals surface area contributed by atoms with Crippen LogP contribution in [-0.4, -0.2) is 43.1 Å². The third kappa shape index (κ3) is 5.55. The highest BCUT2D eigenvalue weighted by Crippen LogP contribution is 2.26. The van der Waals surface area contributed by atoms with Crippen molar-refractivity contribution in [2.75, 3.05) is 31.6 Å². The van der Waals surface area contributed by atoms with Crippen LogP contribution < -0.4 is 15.4 Å². The van der Waals surface area contributed by atoms with Crippen molar-refractivity contribution in [1.29, 1.82) is 0 Å². The lowest BCUT2D eigenvalue weighted by Gasteiger charge is -2.16. The van der Waals surface area contributed by atoms with Gasteiger partial charge < -0.3 is 20.1 Å². The van der Waals surface area contributed by atoms with E-state index in [0.717, 1.165) is 5.56 Å². The molecule has 0 aliphatic carbocycles. The third-order valence-corrected chi connectivity index (χ3v) is 4.08. The van der Waals surface area contributed by atoms with Crippen LogP contribution in [0.2, 0.25) is 0 Å². The van der Waals surface area contributed by atoms with E-state index in [9.17, 15) is 19.7 Å². The second-order valence-electron chi connectivity index (χ2n) is 6.15. The Balaban J connectivity index is 1.36. The fraction of sp³-hybridized carbons (Fsp3) is 0.200. The first kappa shape index (κ1) is 19.9. The molecule has 1 amide bonds. The number of anilines is 1. The standard InChI is InChI=1S/C20H19N3O6/c24-19(22-10-9-21-16-5-7-17(8-6-16)23(26)27)13-29-20(25)15-11-14-3-1-2-4-18(14)28-12-15/h1-8,11,21H,9-10,12-13H2,(H,22,24). The summed E-state index contributed by atoms with van der Waals surface area (Å²) < 4.78 is 10.5. The van der Waals surface area contributed by atoms with E-state index in [1.807, 2.05) is 24.3 Å². The number of fused-ring (bicyclic) bond motifs is 1. The van der Waals surface area contributed by atoms with Gasteiger partial charge >= 0.3 is 5.97 Å². The fourth-order valence-electron chi connectivity index (χ4n) is 2.62. The van der Waals surface area contributed by atoms with Crippen LogP contribution >= 0.6 is 0 Å². The molecular formula is C20H19N3O6. The number of non-ortho nitro benzene ring substituents is 1. The Bertz CT molecular complexity index is 939. The van der Waals surface area contributed by atoms with Crippen molar-refractivity contribution in [3.05, 3.63) is 69.8 Å². The lowest BCUT2D eigenvalue weighted by molar-refractivity contribution is -0.384. The molecule has 0 bridgehead atoms. The number of benzene rings is 2. The zero-order chi connectivity index (χ0) is 20.6. The van der Waals surface area contributed by atoms with Gasteiger partial charge in [0.25, 0.3) is 11.6 Å². The molecule has 1 aliphatic heterocycles. The Kier molecular flexibility index (Phi) is 6.41. The van der Waals surface area contributed by atoms with Crippen molar-refractivity contribution in [2.24, 2.45) is 0 Å². The second kappa shape index (κ2) is 9.36. The molecule has 3 rings (SSSR count). The Morgan fingerprint density at radius 1 is 1.10 bits per heavy atom. The molecule has 0 aromatic heterocycles. The molecule has 0 saturated heterocycles. The molecule has 0 spiro atoms. The third-order valence-electron chi connectivity index (χ3n) is 4.08. The lowest BCUT2D eigenvalue weighted by Crippen LogP contribution is -2.33. The van der Waals surface area contributed by atoms with Gasteiger partial charge in [-0.2, -0.15) is 0 Å². The minimum atomic E-state index is -0.598. The molecule has 1 heterocycles. The molecule has 9 nitrogen and oxygen atoms in total. The van der Waals surface area contributed by atoms with Crippen molar-refractivity contribution in [2.45, 2.75) is 0 Å². The predicted octanol–water partition coefficient (Wildman–Crippen LogP) is 2.14. The molecule has 1 aliphatic rings. The van der Waals surface area contributed by atoms with Gasteiger partial charge in [-0.3, -0.25) is 14.9 Å². The topological polar surface area (TPSA) is 120 Å². The van der Waals surface area contributed by atoms with Crippen molar-refractivity contribution >= 4 is 29.3 Å². The van der Waals surface area contributed by atoms with E-state index in [2.05, 4.69) is 10.6 Å². The Labute approximate surface area is 166 Å². The number of nitro groups is 1. The Morgan fingerprint density at radius 2 is 1.86 bits per heavy atom. The molecule has 150 valence electrons. The molecule has 0 fully saturated rings. The Hall–Kier alpha value is -3.88. The van der Waals surface area contributed by atoms with E-state index in [-0.39, 0.29) is 12.3 Å². The molecular weight excluding hydrogens is 378 g/mol. The maximum atomic E-state index is 12.1. The lowest BCUT2D eigenvalue weighted by atomic mass is 10.1. The number of nitrogens with one attached hydrogen (secondary N) is 2. The maximum absolute atomic E-state index is 12.1. The van der Waals surface area contributed by atoms with Crippen LogP contribution in [0.1, 0.15) is 5.56 Å². The highest BCUT2D eigenvalue weighted by molar-refractivity contribution is 5.96. The van der Waals surface area contributed by atoms with Gasteiger partial charge in [0, 0.05) is 36.5 Å². The number of esters is 1. The molecule has 0 unspecified atom stereocenters. The van der Waals surface area contributed by atoms with Crippen LogP contribution in [0.25, 0.3) is 6.08 Å². The monoisotopic (exact) mass is 397 g/mol. The average molecular weight is 397 g/mol. The van der Waals surface area contributed by atoms with Crippen LogP contribution in [0.4, 0.5) is 11.4 Å². The Morgan fingerprint density at radius 3 is 2.62 bits per heavy atom. The minimum absolute atomic E-state index is 0.00707. The summed E-state index contributed by atoms with van der Waals surface area (Å²) >= 11 is 0. The normalized spacial score (nSPS) is 12.1. The second-order valence-corrected chi connectivity index (χ2v) is 6.15. The van der Waals surface area contributed by atoms with E-state index >= 15 is 0 Å². The largest absolute Gasteiger partial charge is 0.488 e. The van der Waals surface area contributed by atoms with E-state index in [1.165, 1.54) is 12.1 Å². The van der Waals surface area contributed by atoms with Crippen molar-refractivity contribution in [3.63, 3.8) is 0 Å². The summed E-state index contributed by atoms with van der Waals surface area (Å²) in [4.78, 5) is 34.0. The molecule has 29 heavy (non-hydrogen) atoms. The fourth-order valence-corrected chi connectivity index (χ4v) is 2.62. The summed E-state index contributed by atoms with van der Waals surface area (Å²) in [6.45, 7) is 0.409. The molecule has 2 N–H and O–H groups in total. The maximum Gasteiger partial charge on any atom is 0.338 e. The number of para-hydroxylation sites is 1. The summed E-state index contributed by atoms with van der Waals surface area (Å²) in [7, 11) is 0. The number of nitro benzene ring substituents is 1. The van der Waals surface area contributed by atoms with Crippen LogP contribution in [0.3, 0.4) is 0 Å². The number of nitrogens with zero attached hydrogens (tertiary/aromatic N) is 1. The highest BCUT2D eigenvalue weighted by Gasteiger charge is 2.19. The molecule has 9 heteroatoms. The van der Waals surface area contributed by atoms with Gasteiger partial charge in [-0.1, -0.05) is 18.2 Å². The number of carbonyl (C=O) groups excluding carboxylic acids is 2. The van der Waals surface area contributed by atoms with Crippen LogP contribution in [0.15, 0.2) is 54.1 Å². The van der Waals surface area contributed by atoms with E-state index in [0.29, 0.717) is 30.1 Å². The number of ether oxygens (including phenoxy) is 2. The van der Waals surface area contributed by atoms with Crippen LogP contribution in [0, 0.1) is 10.1 Å². The van der Waals surface area contributed by atoms with Crippen molar-refractivity contribution < 1.29 is 24.0 Å². The highest BCUT2D eigenvalue weighted by atomic mass is 16.6. The minimum Gasteiger partial charge on any atom is -0.488 e. The predicted molar refractivity (Wildman–Crippen MR) is 105 cm³/mol. The van der Waals surface area contributed by atoms with Gasteiger partial charge in [0.15, 0.2) is 6.61 Å². The SMILES string of the molecule is O=C(COC(=O)C1=Cc2ccccc2OC1)NCCNc1ccc([N+](=O)[O-])cc1. The first-order valence-corrected chi connectivity index (χ1v) is 8.87. The first-order valence-electron chi connectivity index (χ1n) is 8.87. The van der Waals surface area contributed by atoms with Gasteiger partial charge in [0.2, 0.25) is 0 Å². The van der Waals surface area contributed by atoms with Crippen molar-refractivity contribution in [3.8, 4) is 5.75 Å². The van der Waals surface area contributed by atoms with Gasteiger partial charge in [0.05, 0.1) is 10.5 Å². The van der Waals surface area contributed by atoms with E-state index < -0.39 is 23.4 Å². The van der Waals surface area contributed by atoms with Crippen LogP contribution in [0.5, 0.6) is 5.75 Å². The van der Waals surface area contributed by atoms with Crippen LogP contribution in [-0.2, 0) is 14.3 Å². The van der Waals surface area contributed by atoms with Crippen molar-refractivity contribution in [1.82, 2.24) is 5.32 Å². The summed E-state index contributed by atoms with van der Waals surface area (Å²) in [5, 5.41) is 16.2. The zero-order valence-corrected chi connectivity index (χ0v) is 15.4. The number of amides is 1.